The van der Waals surface area contributed by atoms with E-state index in [2.05, 4.69) is 6.58 Å². The first-order valence-corrected chi connectivity index (χ1v) is 10.3. The molecule has 0 fully saturated rings. The van der Waals surface area contributed by atoms with E-state index >= 15 is 0 Å². The largest absolute Gasteiger partial charge is 0.496 e. The highest BCUT2D eigenvalue weighted by molar-refractivity contribution is 6.02. The maximum Gasteiger partial charge on any atom is 0.279 e. The van der Waals surface area contributed by atoms with Gasteiger partial charge < -0.3 is 19.3 Å². The fraction of sp³-hybridized carbons (Fsp3) is 0.250. The highest BCUT2D eigenvalue weighted by Crippen LogP contribution is 2.38. The number of fused-ring (bicyclic) bond motifs is 1. The third-order valence-electron chi connectivity index (χ3n) is 5.56. The number of rotatable bonds is 7. The van der Waals surface area contributed by atoms with Gasteiger partial charge in [0.05, 0.1) is 12.7 Å². The molecule has 2 aromatic carbocycles. The van der Waals surface area contributed by atoms with Crippen LogP contribution in [-0.2, 0) is 6.54 Å². The van der Waals surface area contributed by atoms with Crippen LogP contribution in [-0.4, -0.2) is 52.8 Å². The van der Waals surface area contributed by atoms with Crippen molar-refractivity contribution in [1.82, 2.24) is 14.5 Å². The summed E-state index contributed by atoms with van der Waals surface area (Å²) in [6.07, 6.45) is 0.430. The van der Waals surface area contributed by atoms with E-state index in [9.17, 15) is 14.3 Å². The van der Waals surface area contributed by atoms with Crippen molar-refractivity contribution >= 4 is 11.7 Å². The van der Waals surface area contributed by atoms with Crippen LogP contribution >= 0.6 is 0 Å². The van der Waals surface area contributed by atoms with Crippen LogP contribution < -0.4 is 9.64 Å². The summed E-state index contributed by atoms with van der Waals surface area (Å²) in [6, 6.07) is 13.6. The number of amides is 1. The highest BCUT2D eigenvalue weighted by Gasteiger charge is 2.37. The number of hydrogen-bond acceptors (Lipinski definition) is 5. The standard InChI is InChI=1S/C24H25FN4O3/c1-16-27(2)23-21(24(31)28(16)13-6-14-30)29(15-17-9-11-18(25)12-10-17)22(26-23)19-7-4-5-8-20(19)32-3/h4-5,7-12,30H,1,6,13-15H2,2-3H3. The molecule has 4 rings (SSSR count). The monoisotopic (exact) mass is 436 g/mol. The Morgan fingerprint density at radius 1 is 1.16 bits per heavy atom. The molecule has 0 spiro atoms. The molecule has 0 radical (unpaired) electrons. The number of nitrogens with zero attached hydrogens (tertiary/aromatic N) is 4. The number of aliphatic hydroxyl groups is 1. The summed E-state index contributed by atoms with van der Waals surface area (Å²) < 4.78 is 20.8. The summed E-state index contributed by atoms with van der Waals surface area (Å²) in [5, 5.41) is 9.27. The number of carbonyl (C=O) groups is 1. The number of benzene rings is 2. The molecule has 2 heterocycles. The van der Waals surface area contributed by atoms with Crippen LogP contribution in [0.1, 0.15) is 22.5 Å². The molecule has 0 unspecified atom stereocenters. The topological polar surface area (TPSA) is 70.8 Å². The lowest BCUT2D eigenvalue weighted by Gasteiger charge is -2.35. The van der Waals surface area contributed by atoms with E-state index in [0.29, 0.717) is 48.4 Å². The number of aromatic nitrogens is 2. The number of anilines is 1. The molecular formula is C24H25FN4O3. The number of para-hydroxylation sites is 1. The normalized spacial score (nSPS) is 13.5. The SMILES string of the molecule is C=C1N(CCCO)C(=O)c2c(nc(-c3ccccc3OC)n2Cc2ccc(F)cc2)N1C. The summed E-state index contributed by atoms with van der Waals surface area (Å²) in [5.41, 5.74) is 1.97. The quantitative estimate of drug-likeness (QED) is 0.614. The van der Waals surface area contributed by atoms with E-state index in [0.717, 1.165) is 11.1 Å². The summed E-state index contributed by atoms with van der Waals surface area (Å²) in [5.74, 6) is 1.60. The van der Waals surface area contributed by atoms with Crippen molar-refractivity contribution in [3.8, 4) is 17.1 Å². The van der Waals surface area contributed by atoms with Crippen LogP contribution in [0.2, 0.25) is 0 Å². The Morgan fingerprint density at radius 3 is 2.56 bits per heavy atom. The lowest BCUT2D eigenvalue weighted by molar-refractivity contribution is 0.0775. The molecule has 1 aromatic heterocycles. The second kappa shape index (κ2) is 8.84. The van der Waals surface area contributed by atoms with E-state index in [1.54, 1.807) is 36.1 Å². The molecule has 1 N–H and O–H groups in total. The molecule has 0 atom stereocenters. The fourth-order valence-electron chi connectivity index (χ4n) is 3.85. The first-order valence-electron chi connectivity index (χ1n) is 10.3. The third kappa shape index (κ3) is 3.73. The summed E-state index contributed by atoms with van der Waals surface area (Å²) >= 11 is 0. The number of methoxy groups -OCH3 is 1. The summed E-state index contributed by atoms with van der Waals surface area (Å²) in [7, 11) is 3.39. The number of ether oxygens (including phenoxy) is 1. The predicted molar refractivity (Wildman–Crippen MR) is 120 cm³/mol. The molecule has 7 nitrogen and oxygen atoms in total. The van der Waals surface area contributed by atoms with Gasteiger partial charge in [0.2, 0.25) is 0 Å². The smallest absolute Gasteiger partial charge is 0.279 e. The molecule has 8 heteroatoms. The van der Waals surface area contributed by atoms with Gasteiger partial charge in [-0.2, -0.15) is 0 Å². The molecule has 3 aromatic rings. The minimum atomic E-state index is -0.325. The van der Waals surface area contributed by atoms with Gasteiger partial charge in [0.1, 0.15) is 23.2 Å². The first-order chi connectivity index (χ1) is 15.5. The van der Waals surface area contributed by atoms with E-state index in [-0.39, 0.29) is 18.3 Å². The van der Waals surface area contributed by atoms with E-state index in [4.69, 9.17) is 9.72 Å². The van der Waals surface area contributed by atoms with Gasteiger partial charge in [-0.05, 0) is 36.2 Å². The average molecular weight is 436 g/mol. The molecule has 0 aliphatic carbocycles. The Hall–Kier alpha value is -3.65. The molecule has 0 saturated carbocycles. The molecule has 32 heavy (non-hydrogen) atoms. The Kier molecular flexibility index (Phi) is 5.96. The van der Waals surface area contributed by atoms with E-state index in [1.807, 2.05) is 28.8 Å². The van der Waals surface area contributed by atoms with Crippen LogP contribution in [0.15, 0.2) is 60.9 Å². The molecule has 1 aliphatic heterocycles. The summed E-state index contributed by atoms with van der Waals surface area (Å²) in [6.45, 7) is 4.67. The van der Waals surface area contributed by atoms with Crippen LogP contribution in [0.25, 0.3) is 11.4 Å². The predicted octanol–water partition coefficient (Wildman–Crippen LogP) is 3.49. The van der Waals surface area contributed by atoms with Gasteiger partial charge in [0, 0.05) is 26.7 Å². The van der Waals surface area contributed by atoms with Crippen molar-refractivity contribution in [2.24, 2.45) is 0 Å². The van der Waals surface area contributed by atoms with Crippen molar-refractivity contribution in [3.63, 3.8) is 0 Å². The molecule has 0 bridgehead atoms. The van der Waals surface area contributed by atoms with Gasteiger partial charge in [0.15, 0.2) is 11.5 Å². The second-order valence-corrected chi connectivity index (χ2v) is 7.53. The van der Waals surface area contributed by atoms with Gasteiger partial charge in [0.25, 0.3) is 5.91 Å². The van der Waals surface area contributed by atoms with Gasteiger partial charge in [-0.25, -0.2) is 9.37 Å². The Bertz CT molecular complexity index is 1160. The molecular weight excluding hydrogens is 411 g/mol. The lowest BCUT2D eigenvalue weighted by atomic mass is 10.1. The van der Waals surface area contributed by atoms with Crippen LogP contribution in [0.4, 0.5) is 10.2 Å². The highest BCUT2D eigenvalue weighted by atomic mass is 19.1. The molecule has 166 valence electrons. The Balaban J connectivity index is 1.91. The van der Waals surface area contributed by atoms with Gasteiger partial charge in [-0.1, -0.05) is 30.8 Å². The first kappa shape index (κ1) is 21.6. The van der Waals surface area contributed by atoms with Crippen molar-refractivity contribution in [1.29, 1.82) is 0 Å². The van der Waals surface area contributed by atoms with Crippen LogP contribution in [0.3, 0.4) is 0 Å². The van der Waals surface area contributed by atoms with Crippen molar-refractivity contribution < 1.29 is 19.0 Å². The maximum absolute atomic E-state index is 13.5. The van der Waals surface area contributed by atoms with Crippen molar-refractivity contribution in [2.75, 3.05) is 32.2 Å². The molecule has 1 aliphatic rings. The van der Waals surface area contributed by atoms with Crippen LogP contribution in [0.5, 0.6) is 5.75 Å². The number of imidazole rings is 1. The Morgan fingerprint density at radius 2 is 1.88 bits per heavy atom. The second-order valence-electron chi connectivity index (χ2n) is 7.53. The van der Waals surface area contributed by atoms with Gasteiger partial charge in [-0.3, -0.25) is 9.69 Å². The van der Waals surface area contributed by atoms with Crippen LogP contribution in [0, 0.1) is 5.82 Å². The number of hydrogen-bond donors (Lipinski definition) is 1. The number of halogens is 1. The van der Waals surface area contributed by atoms with Crippen molar-refractivity contribution in [3.05, 3.63) is 78.0 Å². The zero-order chi connectivity index (χ0) is 22.8. The fourth-order valence-corrected chi connectivity index (χ4v) is 3.85. The molecule has 0 saturated heterocycles. The zero-order valence-electron chi connectivity index (χ0n) is 18.1. The maximum atomic E-state index is 13.5. The van der Waals surface area contributed by atoms with Gasteiger partial charge >= 0.3 is 0 Å². The zero-order valence-corrected chi connectivity index (χ0v) is 18.1. The minimum absolute atomic E-state index is 0.0328. The third-order valence-corrected chi connectivity index (χ3v) is 5.56. The molecule has 1 amide bonds. The average Bonchev–Trinajstić information content (AvgIpc) is 3.18. The minimum Gasteiger partial charge on any atom is -0.496 e. The number of aliphatic hydroxyl groups excluding tert-OH is 1. The Labute approximate surface area is 186 Å². The van der Waals surface area contributed by atoms with Gasteiger partial charge in [-0.15, -0.1) is 0 Å². The van der Waals surface area contributed by atoms with E-state index in [1.165, 1.54) is 12.1 Å². The van der Waals surface area contributed by atoms with Crippen molar-refractivity contribution in [2.45, 2.75) is 13.0 Å². The lowest BCUT2D eigenvalue weighted by Crippen LogP contribution is -2.44. The van der Waals surface area contributed by atoms with E-state index < -0.39 is 0 Å². The summed E-state index contributed by atoms with van der Waals surface area (Å²) in [4.78, 5) is 21.7. The number of carbonyl (C=O) groups excluding carboxylic acids is 1.